The Bertz CT molecular complexity index is 733. The van der Waals surface area contributed by atoms with Gasteiger partial charge < -0.3 is 9.80 Å². The average molecular weight is 323 g/mol. The number of nitrogens with zero attached hydrogens (tertiary/aromatic N) is 5. The quantitative estimate of drug-likeness (QED) is 0.848. The van der Waals surface area contributed by atoms with E-state index in [1.807, 2.05) is 36.1 Å². The van der Waals surface area contributed by atoms with Crippen LogP contribution in [0.4, 0.5) is 11.5 Å². The van der Waals surface area contributed by atoms with Crippen molar-refractivity contribution in [3.05, 3.63) is 42.4 Å². The number of anilines is 2. The number of aryl methyl sites for hydroxylation is 1. The van der Waals surface area contributed by atoms with E-state index in [0.29, 0.717) is 0 Å². The summed E-state index contributed by atoms with van der Waals surface area (Å²) in [7, 11) is 0. The molecule has 0 aromatic carbocycles. The minimum atomic E-state index is -0.305. The molecule has 4 rings (SSSR count). The van der Waals surface area contributed by atoms with Crippen molar-refractivity contribution < 1.29 is 4.79 Å². The topological polar surface area (TPSA) is 62.2 Å². The van der Waals surface area contributed by atoms with E-state index in [4.69, 9.17) is 0 Å². The van der Waals surface area contributed by atoms with Crippen LogP contribution in [0, 0.1) is 12.3 Å². The molecule has 2 fully saturated rings. The second-order valence-corrected chi connectivity index (χ2v) is 6.76. The number of aromatic nitrogens is 3. The number of carbonyl (C=O) groups excluding carboxylic acids is 1. The summed E-state index contributed by atoms with van der Waals surface area (Å²) in [4.78, 5) is 21.4. The van der Waals surface area contributed by atoms with Crippen LogP contribution in [-0.2, 0) is 4.79 Å². The highest BCUT2D eigenvalue weighted by Crippen LogP contribution is 2.42. The lowest BCUT2D eigenvalue weighted by molar-refractivity contribution is -0.126. The van der Waals surface area contributed by atoms with Gasteiger partial charge in [-0.05, 0) is 50.5 Å². The molecule has 124 valence electrons. The van der Waals surface area contributed by atoms with E-state index in [9.17, 15) is 4.79 Å². The van der Waals surface area contributed by atoms with Crippen LogP contribution < -0.4 is 9.80 Å². The van der Waals surface area contributed by atoms with Crippen molar-refractivity contribution >= 4 is 17.4 Å². The molecule has 1 atom stereocenters. The average Bonchev–Trinajstić information content (AvgIpc) is 2.93. The Morgan fingerprint density at radius 3 is 2.79 bits per heavy atom. The maximum atomic E-state index is 13.1. The Hall–Kier alpha value is -2.50. The zero-order valence-corrected chi connectivity index (χ0v) is 13.9. The molecule has 4 heterocycles. The highest BCUT2D eigenvalue weighted by atomic mass is 16.2. The van der Waals surface area contributed by atoms with E-state index in [2.05, 4.69) is 20.1 Å². The maximum absolute atomic E-state index is 13.1. The van der Waals surface area contributed by atoms with Gasteiger partial charge in [0.15, 0.2) is 5.82 Å². The zero-order chi connectivity index (χ0) is 16.6. The molecule has 1 unspecified atom stereocenters. The van der Waals surface area contributed by atoms with E-state index in [1.165, 1.54) is 0 Å². The van der Waals surface area contributed by atoms with Gasteiger partial charge in [-0.3, -0.25) is 9.78 Å². The second-order valence-electron chi connectivity index (χ2n) is 6.76. The second kappa shape index (κ2) is 5.85. The fourth-order valence-electron chi connectivity index (χ4n) is 3.85. The van der Waals surface area contributed by atoms with Crippen LogP contribution in [0.15, 0.2) is 36.7 Å². The lowest BCUT2D eigenvalue weighted by Crippen LogP contribution is -2.48. The Morgan fingerprint density at radius 1 is 1.12 bits per heavy atom. The highest BCUT2D eigenvalue weighted by molar-refractivity contribution is 6.00. The summed E-state index contributed by atoms with van der Waals surface area (Å²) in [6.07, 6.45) is 6.33. The molecule has 2 aliphatic rings. The predicted molar refractivity (Wildman–Crippen MR) is 91.9 cm³/mol. The van der Waals surface area contributed by atoms with Crippen molar-refractivity contribution in [3.63, 3.8) is 0 Å². The monoisotopic (exact) mass is 323 g/mol. The predicted octanol–water partition coefficient (Wildman–Crippen LogP) is 2.20. The van der Waals surface area contributed by atoms with Crippen LogP contribution in [0.5, 0.6) is 0 Å². The van der Waals surface area contributed by atoms with Gasteiger partial charge >= 0.3 is 0 Å². The first kappa shape index (κ1) is 15.1. The molecule has 0 radical (unpaired) electrons. The van der Waals surface area contributed by atoms with Gasteiger partial charge in [0.1, 0.15) is 0 Å². The summed E-state index contributed by atoms with van der Waals surface area (Å²) in [5.41, 5.74) is 1.50. The summed E-state index contributed by atoms with van der Waals surface area (Å²) in [5.74, 6) is 1.09. The number of piperidine rings is 1. The zero-order valence-electron chi connectivity index (χ0n) is 13.9. The molecular weight excluding hydrogens is 302 g/mol. The molecular formula is C18H21N5O. The molecule has 1 spiro atoms. The summed E-state index contributed by atoms with van der Waals surface area (Å²) < 4.78 is 0. The van der Waals surface area contributed by atoms with Crippen LogP contribution >= 0.6 is 0 Å². The van der Waals surface area contributed by atoms with Crippen molar-refractivity contribution in [2.45, 2.75) is 26.2 Å². The van der Waals surface area contributed by atoms with Gasteiger partial charge in [0.05, 0.1) is 23.0 Å². The molecule has 6 heteroatoms. The van der Waals surface area contributed by atoms with Gasteiger partial charge in [0.25, 0.3) is 0 Å². The number of hydrogen-bond donors (Lipinski definition) is 0. The van der Waals surface area contributed by atoms with E-state index >= 15 is 0 Å². The Labute approximate surface area is 141 Å². The largest absolute Gasteiger partial charge is 0.354 e. The third-order valence-electron chi connectivity index (χ3n) is 5.16. The highest BCUT2D eigenvalue weighted by Gasteiger charge is 2.49. The van der Waals surface area contributed by atoms with E-state index in [-0.39, 0.29) is 11.3 Å². The summed E-state index contributed by atoms with van der Waals surface area (Å²) in [5, 5.41) is 8.46. The van der Waals surface area contributed by atoms with Crippen LogP contribution in [0.1, 0.15) is 25.0 Å². The van der Waals surface area contributed by atoms with E-state index in [1.54, 1.807) is 12.4 Å². The number of carbonyl (C=O) groups is 1. The lowest BCUT2D eigenvalue weighted by atomic mass is 9.78. The van der Waals surface area contributed by atoms with Gasteiger partial charge in [-0.25, -0.2) is 0 Å². The third kappa shape index (κ3) is 2.52. The van der Waals surface area contributed by atoms with E-state index < -0.39 is 0 Å². The van der Waals surface area contributed by atoms with Gasteiger partial charge in [0.2, 0.25) is 5.91 Å². The Balaban J connectivity index is 1.57. The van der Waals surface area contributed by atoms with Crippen LogP contribution in [0.2, 0.25) is 0 Å². The molecule has 1 amide bonds. The SMILES string of the molecule is Cc1ccc(N2CCCC3(CCN(c4cccnc4)C3=O)C2)nn1. The van der Waals surface area contributed by atoms with Gasteiger partial charge in [-0.1, -0.05) is 0 Å². The summed E-state index contributed by atoms with van der Waals surface area (Å²) in [6, 6.07) is 7.81. The molecule has 2 saturated heterocycles. The van der Waals surface area contributed by atoms with Crippen LogP contribution in [-0.4, -0.2) is 40.7 Å². The van der Waals surface area contributed by atoms with Gasteiger partial charge in [-0.15, -0.1) is 5.10 Å². The summed E-state index contributed by atoms with van der Waals surface area (Å²) >= 11 is 0. The molecule has 0 aliphatic carbocycles. The van der Waals surface area contributed by atoms with Crippen molar-refractivity contribution in [1.82, 2.24) is 15.2 Å². The van der Waals surface area contributed by atoms with Crippen molar-refractivity contribution in [3.8, 4) is 0 Å². The molecule has 0 saturated carbocycles. The van der Waals surface area contributed by atoms with Crippen molar-refractivity contribution in [1.29, 1.82) is 0 Å². The number of hydrogen-bond acceptors (Lipinski definition) is 5. The van der Waals surface area contributed by atoms with Gasteiger partial charge in [0, 0.05) is 25.8 Å². The van der Waals surface area contributed by atoms with Crippen LogP contribution in [0.3, 0.4) is 0 Å². The molecule has 0 N–H and O–H groups in total. The van der Waals surface area contributed by atoms with Crippen LogP contribution in [0.25, 0.3) is 0 Å². The fourth-order valence-corrected chi connectivity index (χ4v) is 3.85. The van der Waals surface area contributed by atoms with Crippen molar-refractivity contribution in [2.75, 3.05) is 29.4 Å². The molecule has 6 nitrogen and oxygen atoms in total. The fraction of sp³-hybridized carbons (Fsp3) is 0.444. The molecule has 2 aromatic rings. The smallest absolute Gasteiger partial charge is 0.235 e. The first-order valence-electron chi connectivity index (χ1n) is 8.45. The maximum Gasteiger partial charge on any atom is 0.235 e. The number of amides is 1. The first-order chi connectivity index (χ1) is 11.7. The minimum absolute atomic E-state index is 0.222. The standard InChI is InChI=1S/C18H21N5O/c1-14-5-6-16(21-20-14)22-10-3-7-18(13-22)8-11-23(17(18)24)15-4-2-9-19-12-15/h2,4-6,9,12H,3,7-8,10-11,13H2,1H3. The molecule has 2 aliphatic heterocycles. The van der Waals surface area contributed by atoms with Gasteiger partial charge in [-0.2, -0.15) is 5.10 Å². The summed E-state index contributed by atoms with van der Waals surface area (Å²) in [6.45, 7) is 4.35. The molecule has 0 bridgehead atoms. The van der Waals surface area contributed by atoms with Crippen molar-refractivity contribution in [2.24, 2.45) is 5.41 Å². The van der Waals surface area contributed by atoms with E-state index in [0.717, 1.165) is 56.1 Å². The Morgan fingerprint density at radius 2 is 2.04 bits per heavy atom. The number of rotatable bonds is 2. The lowest BCUT2D eigenvalue weighted by Gasteiger charge is -2.39. The normalized spacial score (nSPS) is 24.0. The third-order valence-corrected chi connectivity index (χ3v) is 5.16. The minimum Gasteiger partial charge on any atom is -0.354 e. The molecule has 2 aromatic heterocycles. The Kier molecular flexibility index (Phi) is 3.67. The molecule has 24 heavy (non-hydrogen) atoms. The number of pyridine rings is 1. The first-order valence-corrected chi connectivity index (χ1v) is 8.45.